The molecule has 0 heterocycles. The number of hydrogen-bond acceptors (Lipinski definition) is 4. The Hall–Kier alpha value is -0.970. The molecule has 2 unspecified atom stereocenters. The van der Waals surface area contributed by atoms with Crippen molar-refractivity contribution in [1.82, 2.24) is 0 Å². The van der Waals surface area contributed by atoms with Crippen molar-refractivity contribution in [1.29, 1.82) is 0 Å². The number of ether oxygens (including phenoxy) is 1. The number of methoxy groups -OCH3 is 1. The van der Waals surface area contributed by atoms with Crippen molar-refractivity contribution in [3.8, 4) is 5.75 Å². The van der Waals surface area contributed by atoms with E-state index in [1.807, 2.05) is 4.90 Å². The molecule has 2 N–H and O–H groups in total. The van der Waals surface area contributed by atoms with Gasteiger partial charge in [-0.1, -0.05) is 11.6 Å². The van der Waals surface area contributed by atoms with Gasteiger partial charge in [-0.3, -0.25) is 0 Å². The van der Waals surface area contributed by atoms with Crippen molar-refractivity contribution < 1.29 is 14.9 Å². The van der Waals surface area contributed by atoms with Crippen molar-refractivity contribution in [2.24, 2.45) is 0 Å². The maximum atomic E-state index is 9.53. The quantitative estimate of drug-likeness (QED) is 0.831. The molecule has 0 saturated heterocycles. The lowest BCUT2D eigenvalue weighted by Crippen LogP contribution is -2.36. The highest BCUT2D eigenvalue weighted by Gasteiger charge is 2.16. The Morgan fingerprint density at radius 1 is 1.22 bits per heavy atom. The zero-order valence-electron chi connectivity index (χ0n) is 10.9. The van der Waals surface area contributed by atoms with E-state index in [0.717, 1.165) is 5.69 Å². The largest absolute Gasteiger partial charge is 0.495 e. The summed E-state index contributed by atoms with van der Waals surface area (Å²) < 4.78 is 5.28. The molecule has 0 spiro atoms. The van der Waals surface area contributed by atoms with Gasteiger partial charge < -0.3 is 19.8 Å². The number of nitrogens with zero attached hydrogens (tertiary/aromatic N) is 1. The number of aliphatic hydroxyl groups excluding tert-OH is 2. The number of benzene rings is 1. The summed E-state index contributed by atoms with van der Waals surface area (Å²) in [6, 6.07) is 5.28. The van der Waals surface area contributed by atoms with Crippen LogP contribution < -0.4 is 9.64 Å². The Morgan fingerprint density at radius 2 is 1.78 bits per heavy atom. The molecule has 0 fully saturated rings. The smallest absolute Gasteiger partial charge is 0.142 e. The van der Waals surface area contributed by atoms with Gasteiger partial charge in [0.25, 0.3) is 0 Å². The number of rotatable bonds is 6. The molecule has 2 atom stereocenters. The second kappa shape index (κ2) is 6.83. The Kier molecular flexibility index (Phi) is 5.72. The van der Waals surface area contributed by atoms with Crippen molar-refractivity contribution in [2.75, 3.05) is 25.1 Å². The van der Waals surface area contributed by atoms with Gasteiger partial charge in [0, 0.05) is 18.1 Å². The summed E-state index contributed by atoms with van der Waals surface area (Å²) in [6.45, 7) is 4.21. The Balaban J connectivity index is 3.05. The highest BCUT2D eigenvalue weighted by Crippen LogP contribution is 2.31. The topological polar surface area (TPSA) is 52.9 Å². The van der Waals surface area contributed by atoms with E-state index < -0.39 is 12.2 Å². The first-order valence-corrected chi connectivity index (χ1v) is 6.26. The van der Waals surface area contributed by atoms with Gasteiger partial charge in [0.1, 0.15) is 5.75 Å². The van der Waals surface area contributed by atoms with Crippen LogP contribution in [0.5, 0.6) is 5.75 Å². The minimum absolute atomic E-state index is 0.404. The van der Waals surface area contributed by atoms with Crippen LogP contribution in [0.3, 0.4) is 0 Å². The second-order valence-corrected chi connectivity index (χ2v) is 4.86. The molecule has 0 aliphatic heterocycles. The fourth-order valence-electron chi connectivity index (χ4n) is 1.82. The van der Waals surface area contributed by atoms with Gasteiger partial charge >= 0.3 is 0 Å². The standard InChI is InChI=1S/C13H20ClNO3/c1-9(16)7-15(8-10(2)17)12-6-11(14)4-5-13(12)18-3/h4-6,9-10,16-17H,7-8H2,1-3H3. The number of aliphatic hydroxyl groups is 2. The zero-order chi connectivity index (χ0) is 13.7. The van der Waals surface area contributed by atoms with Gasteiger partial charge in [0.05, 0.1) is 25.0 Å². The van der Waals surface area contributed by atoms with Crippen LogP contribution in [-0.4, -0.2) is 42.6 Å². The van der Waals surface area contributed by atoms with Gasteiger partial charge in [-0.25, -0.2) is 0 Å². The fourth-order valence-corrected chi connectivity index (χ4v) is 1.99. The van der Waals surface area contributed by atoms with Crippen LogP contribution in [0.25, 0.3) is 0 Å². The molecule has 5 heteroatoms. The summed E-state index contributed by atoms with van der Waals surface area (Å²) in [5, 5.41) is 19.7. The van der Waals surface area contributed by atoms with Crippen LogP contribution >= 0.6 is 11.6 Å². The summed E-state index contributed by atoms with van der Waals surface area (Å²) in [7, 11) is 1.58. The molecular weight excluding hydrogens is 254 g/mol. The molecule has 1 aromatic carbocycles. The van der Waals surface area contributed by atoms with Crippen LogP contribution in [0.15, 0.2) is 18.2 Å². The van der Waals surface area contributed by atoms with Crippen LogP contribution in [0.4, 0.5) is 5.69 Å². The molecule has 0 radical (unpaired) electrons. The van der Waals surface area contributed by atoms with Crippen LogP contribution in [0, 0.1) is 0 Å². The Labute approximate surface area is 113 Å². The van der Waals surface area contributed by atoms with Gasteiger partial charge in [0.2, 0.25) is 0 Å². The summed E-state index contributed by atoms with van der Waals surface area (Å²) in [4.78, 5) is 1.86. The summed E-state index contributed by atoms with van der Waals surface area (Å²) in [5.74, 6) is 0.667. The predicted octanol–water partition coefficient (Wildman–Crippen LogP) is 1.92. The first-order valence-electron chi connectivity index (χ1n) is 5.88. The zero-order valence-corrected chi connectivity index (χ0v) is 11.7. The highest BCUT2D eigenvalue weighted by molar-refractivity contribution is 6.30. The average molecular weight is 274 g/mol. The van der Waals surface area contributed by atoms with Gasteiger partial charge in [-0.15, -0.1) is 0 Å². The fraction of sp³-hybridized carbons (Fsp3) is 0.538. The van der Waals surface area contributed by atoms with Gasteiger partial charge in [0.15, 0.2) is 0 Å². The normalized spacial score (nSPS) is 14.1. The molecule has 18 heavy (non-hydrogen) atoms. The Bertz CT molecular complexity index is 372. The second-order valence-electron chi connectivity index (χ2n) is 4.42. The first kappa shape index (κ1) is 15.1. The van der Waals surface area contributed by atoms with Crippen molar-refractivity contribution in [3.05, 3.63) is 23.2 Å². The summed E-state index contributed by atoms with van der Waals surface area (Å²) >= 11 is 5.98. The van der Waals surface area contributed by atoms with Gasteiger partial charge in [-0.05, 0) is 32.0 Å². The molecule has 0 aromatic heterocycles. The maximum Gasteiger partial charge on any atom is 0.142 e. The number of anilines is 1. The summed E-state index contributed by atoms with van der Waals surface area (Å²) in [5.41, 5.74) is 0.770. The monoisotopic (exact) mass is 273 g/mol. The maximum absolute atomic E-state index is 9.53. The Morgan fingerprint density at radius 3 is 2.22 bits per heavy atom. The lowest BCUT2D eigenvalue weighted by Gasteiger charge is -2.29. The van der Waals surface area contributed by atoms with Gasteiger partial charge in [-0.2, -0.15) is 0 Å². The van der Waals surface area contributed by atoms with Crippen molar-refractivity contribution >= 4 is 17.3 Å². The minimum Gasteiger partial charge on any atom is -0.495 e. The SMILES string of the molecule is COc1ccc(Cl)cc1N(CC(C)O)CC(C)O. The van der Waals surface area contributed by atoms with Crippen molar-refractivity contribution in [3.63, 3.8) is 0 Å². The molecule has 1 rings (SSSR count). The number of halogens is 1. The van der Waals surface area contributed by atoms with E-state index >= 15 is 0 Å². The van der Waals surface area contributed by atoms with E-state index in [0.29, 0.717) is 23.9 Å². The minimum atomic E-state index is -0.507. The van der Waals surface area contributed by atoms with E-state index in [9.17, 15) is 10.2 Å². The molecule has 102 valence electrons. The molecule has 0 bridgehead atoms. The first-order chi connectivity index (χ1) is 8.43. The lowest BCUT2D eigenvalue weighted by molar-refractivity contribution is 0.178. The van der Waals surface area contributed by atoms with Crippen LogP contribution in [0.2, 0.25) is 5.02 Å². The highest BCUT2D eigenvalue weighted by atomic mass is 35.5. The van der Waals surface area contributed by atoms with Crippen molar-refractivity contribution in [2.45, 2.75) is 26.1 Å². The van der Waals surface area contributed by atoms with E-state index in [4.69, 9.17) is 16.3 Å². The van der Waals surface area contributed by atoms with E-state index in [2.05, 4.69) is 0 Å². The molecule has 1 aromatic rings. The van der Waals surface area contributed by atoms with Crippen LogP contribution in [0.1, 0.15) is 13.8 Å². The molecule has 4 nitrogen and oxygen atoms in total. The third-order valence-electron chi connectivity index (χ3n) is 2.45. The molecule has 0 amide bonds. The lowest BCUT2D eigenvalue weighted by atomic mass is 10.2. The number of hydrogen-bond donors (Lipinski definition) is 2. The molecule has 0 aliphatic rings. The van der Waals surface area contributed by atoms with E-state index in [1.54, 1.807) is 39.2 Å². The molecule has 0 saturated carbocycles. The third-order valence-corrected chi connectivity index (χ3v) is 2.69. The average Bonchev–Trinajstić information content (AvgIpc) is 2.26. The van der Waals surface area contributed by atoms with E-state index in [-0.39, 0.29) is 0 Å². The summed E-state index contributed by atoms with van der Waals surface area (Å²) in [6.07, 6.45) is -1.01. The molecular formula is C13H20ClNO3. The third kappa shape index (κ3) is 4.37. The van der Waals surface area contributed by atoms with Crippen LogP contribution in [-0.2, 0) is 0 Å². The predicted molar refractivity (Wildman–Crippen MR) is 73.6 cm³/mol. The molecule has 0 aliphatic carbocycles. The van der Waals surface area contributed by atoms with E-state index in [1.165, 1.54) is 0 Å².